The molecular formula is C20H23ClN2O3. The van der Waals surface area contributed by atoms with Gasteiger partial charge in [-0.25, -0.2) is 0 Å². The van der Waals surface area contributed by atoms with Crippen molar-refractivity contribution in [1.29, 1.82) is 0 Å². The Morgan fingerprint density at radius 1 is 0.923 bits per heavy atom. The Hall–Kier alpha value is -2.53. The zero-order valence-electron chi connectivity index (χ0n) is 14.9. The monoisotopic (exact) mass is 374 g/mol. The second kappa shape index (κ2) is 9.82. The summed E-state index contributed by atoms with van der Waals surface area (Å²) in [5.74, 6) is -0.516. The molecule has 6 heteroatoms. The molecule has 0 radical (unpaired) electrons. The van der Waals surface area contributed by atoms with Gasteiger partial charge in [-0.2, -0.15) is 0 Å². The lowest BCUT2D eigenvalue weighted by atomic mass is 10.1. The Balaban J connectivity index is 1.71. The predicted molar refractivity (Wildman–Crippen MR) is 102 cm³/mol. The Morgan fingerprint density at radius 3 is 2.12 bits per heavy atom. The maximum absolute atomic E-state index is 11.9. The molecule has 0 fully saturated rings. The van der Waals surface area contributed by atoms with Crippen molar-refractivity contribution in [3.63, 3.8) is 0 Å². The molecule has 2 rings (SSSR count). The first-order valence-corrected chi connectivity index (χ1v) is 8.88. The standard InChI is InChI=1S/C20H23ClN2O3/c1-14(2)26-18-9-5-16(6-10-18)13-23-20(25)19(24)22-12-11-15-3-7-17(21)8-4-15/h3-10,14H,11-13H2,1-2H3,(H,22,24)(H,23,25). The van der Waals surface area contributed by atoms with Crippen LogP contribution in [0.15, 0.2) is 48.5 Å². The molecule has 0 saturated carbocycles. The molecule has 0 saturated heterocycles. The highest BCUT2D eigenvalue weighted by molar-refractivity contribution is 6.35. The normalized spacial score (nSPS) is 10.5. The van der Waals surface area contributed by atoms with Crippen molar-refractivity contribution in [2.75, 3.05) is 6.54 Å². The zero-order valence-corrected chi connectivity index (χ0v) is 15.7. The molecule has 26 heavy (non-hydrogen) atoms. The molecule has 2 aromatic rings. The van der Waals surface area contributed by atoms with Crippen LogP contribution in [0.25, 0.3) is 0 Å². The topological polar surface area (TPSA) is 67.4 Å². The fourth-order valence-electron chi connectivity index (χ4n) is 2.27. The Labute approximate surface area is 158 Å². The van der Waals surface area contributed by atoms with E-state index in [0.29, 0.717) is 18.0 Å². The minimum absolute atomic E-state index is 0.108. The molecule has 138 valence electrons. The van der Waals surface area contributed by atoms with Crippen molar-refractivity contribution in [3.8, 4) is 5.75 Å². The van der Waals surface area contributed by atoms with Crippen molar-refractivity contribution in [2.24, 2.45) is 0 Å². The van der Waals surface area contributed by atoms with Gasteiger partial charge in [0.05, 0.1) is 6.10 Å². The lowest BCUT2D eigenvalue weighted by Gasteiger charge is -2.10. The van der Waals surface area contributed by atoms with Crippen LogP contribution in [-0.4, -0.2) is 24.5 Å². The van der Waals surface area contributed by atoms with Gasteiger partial charge in [-0.15, -0.1) is 0 Å². The number of hydrogen-bond donors (Lipinski definition) is 2. The van der Waals surface area contributed by atoms with Crippen LogP contribution < -0.4 is 15.4 Å². The molecule has 0 atom stereocenters. The van der Waals surface area contributed by atoms with Crippen LogP contribution in [0.1, 0.15) is 25.0 Å². The highest BCUT2D eigenvalue weighted by Crippen LogP contribution is 2.13. The number of carbonyl (C=O) groups excluding carboxylic acids is 2. The number of rotatable bonds is 7. The van der Waals surface area contributed by atoms with E-state index in [2.05, 4.69) is 10.6 Å². The van der Waals surface area contributed by atoms with Gasteiger partial charge >= 0.3 is 11.8 Å². The van der Waals surface area contributed by atoms with Gasteiger partial charge in [-0.3, -0.25) is 9.59 Å². The van der Waals surface area contributed by atoms with Gasteiger partial charge in [0.1, 0.15) is 5.75 Å². The smallest absolute Gasteiger partial charge is 0.309 e. The summed E-state index contributed by atoms with van der Waals surface area (Å²) in [5.41, 5.74) is 1.93. The van der Waals surface area contributed by atoms with Crippen LogP contribution in [-0.2, 0) is 22.6 Å². The van der Waals surface area contributed by atoms with Gasteiger partial charge in [-0.1, -0.05) is 35.9 Å². The molecule has 0 bridgehead atoms. The number of benzene rings is 2. The van der Waals surface area contributed by atoms with E-state index in [1.165, 1.54) is 0 Å². The van der Waals surface area contributed by atoms with Crippen LogP contribution in [0.4, 0.5) is 0 Å². The number of hydrogen-bond acceptors (Lipinski definition) is 3. The summed E-state index contributed by atoms with van der Waals surface area (Å²) in [6.45, 7) is 4.58. The van der Waals surface area contributed by atoms with E-state index in [9.17, 15) is 9.59 Å². The number of carbonyl (C=O) groups is 2. The first-order chi connectivity index (χ1) is 12.4. The molecule has 2 N–H and O–H groups in total. The minimum Gasteiger partial charge on any atom is -0.491 e. The third kappa shape index (κ3) is 6.76. The van der Waals surface area contributed by atoms with E-state index in [4.69, 9.17) is 16.3 Å². The van der Waals surface area contributed by atoms with Gasteiger partial charge in [0.2, 0.25) is 0 Å². The van der Waals surface area contributed by atoms with Gasteiger partial charge in [0.15, 0.2) is 0 Å². The summed E-state index contributed by atoms with van der Waals surface area (Å²) in [5, 5.41) is 5.88. The summed E-state index contributed by atoms with van der Waals surface area (Å²) in [4.78, 5) is 23.7. The molecule has 0 aliphatic carbocycles. The second-order valence-electron chi connectivity index (χ2n) is 6.13. The molecule has 2 aromatic carbocycles. The minimum atomic E-state index is -0.649. The maximum atomic E-state index is 11.9. The molecule has 0 aliphatic heterocycles. The first kappa shape index (κ1) is 19.8. The van der Waals surface area contributed by atoms with Crippen LogP contribution in [0, 0.1) is 0 Å². The highest BCUT2D eigenvalue weighted by Gasteiger charge is 2.12. The van der Waals surface area contributed by atoms with Gasteiger partial charge in [0, 0.05) is 18.1 Å². The Morgan fingerprint density at radius 2 is 1.50 bits per heavy atom. The fourth-order valence-corrected chi connectivity index (χ4v) is 2.40. The quantitative estimate of drug-likeness (QED) is 0.732. The largest absolute Gasteiger partial charge is 0.491 e. The van der Waals surface area contributed by atoms with Gasteiger partial charge in [0.25, 0.3) is 0 Å². The van der Waals surface area contributed by atoms with Gasteiger partial charge in [-0.05, 0) is 55.7 Å². The fraction of sp³-hybridized carbons (Fsp3) is 0.300. The molecular weight excluding hydrogens is 352 g/mol. The number of halogens is 1. The SMILES string of the molecule is CC(C)Oc1ccc(CNC(=O)C(=O)NCCc2ccc(Cl)cc2)cc1. The molecule has 0 aliphatic rings. The molecule has 0 aromatic heterocycles. The third-order valence-electron chi connectivity index (χ3n) is 3.57. The highest BCUT2D eigenvalue weighted by atomic mass is 35.5. The van der Waals surface area contributed by atoms with Crippen molar-refractivity contribution in [2.45, 2.75) is 32.9 Å². The van der Waals surface area contributed by atoms with Crippen LogP contribution in [0.3, 0.4) is 0 Å². The van der Waals surface area contributed by atoms with E-state index in [0.717, 1.165) is 16.9 Å². The summed E-state index contributed by atoms with van der Waals surface area (Å²) in [6, 6.07) is 14.8. The van der Waals surface area contributed by atoms with Gasteiger partial charge < -0.3 is 15.4 Å². The van der Waals surface area contributed by atoms with Crippen LogP contribution in [0.5, 0.6) is 5.75 Å². The lowest BCUT2D eigenvalue weighted by molar-refractivity contribution is -0.139. The van der Waals surface area contributed by atoms with Crippen molar-refractivity contribution in [3.05, 3.63) is 64.7 Å². The number of amides is 2. The van der Waals surface area contributed by atoms with E-state index < -0.39 is 11.8 Å². The van der Waals surface area contributed by atoms with Crippen molar-refractivity contribution < 1.29 is 14.3 Å². The summed E-state index contributed by atoms with van der Waals surface area (Å²) < 4.78 is 5.56. The van der Waals surface area contributed by atoms with E-state index in [-0.39, 0.29) is 12.6 Å². The number of ether oxygens (including phenoxy) is 1. The van der Waals surface area contributed by atoms with E-state index in [1.54, 1.807) is 12.1 Å². The van der Waals surface area contributed by atoms with Crippen LogP contribution >= 0.6 is 11.6 Å². The van der Waals surface area contributed by atoms with Crippen molar-refractivity contribution in [1.82, 2.24) is 10.6 Å². The van der Waals surface area contributed by atoms with Crippen LogP contribution in [0.2, 0.25) is 5.02 Å². The van der Waals surface area contributed by atoms with Crippen molar-refractivity contribution >= 4 is 23.4 Å². The average Bonchev–Trinajstić information content (AvgIpc) is 2.62. The first-order valence-electron chi connectivity index (χ1n) is 8.50. The zero-order chi connectivity index (χ0) is 18.9. The summed E-state index contributed by atoms with van der Waals surface area (Å²) in [7, 11) is 0. The predicted octanol–water partition coefficient (Wildman–Crippen LogP) is 3.10. The molecule has 5 nitrogen and oxygen atoms in total. The van der Waals surface area contributed by atoms with E-state index in [1.807, 2.05) is 50.2 Å². The molecule has 0 unspecified atom stereocenters. The average molecular weight is 375 g/mol. The third-order valence-corrected chi connectivity index (χ3v) is 3.82. The summed E-state index contributed by atoms with van der Waals surface area (Å²) in [6.07, 6.45) is 0.741. The van der Waals surface area contributed by atoms with E-state index >= 15 is 0 Å². The number of nitrogens with one attached hydrogen (secondary N) is 2. The second-order valence-corrected chi connectivity index (χ2v) is 6.56. The summed E-state index contributed by atoms with van der Waals surface area (Å²) >= 11 is 5.82. The molecule has 2 amide bonds. The molecule has 0 heterocycles. The maximum Gasteiger partial charge on any atom is 0.309 e. The lowest BCUT2D eigenvalue weighted by Crippen LogP contribution is -2.40. The Bertz CT molecular complexity index is 728. The Kier molecular flexibility index (Phi) is 7.48. The molecule has 0 spiro atoms.